The summed E-state index contributed by atoms with van der Waals surface area (Å²) in [6.07, 6.45) is 1.83. The Morgan fingerprint density at radius 2 is 2.06 bits per heavy atom. The average molecular weight is 264 g/mol. The highest BCUT2D eigenvalue weighted by Gasteiger charge is 2.12. The predicted molar refractivity (Wildman–Crippen MR) is 73.9 cm³/mol. The van der Waals surface area contributed by atoms with Crippen LogP contribution in [0.15, 0.2) is 36.4 Å². The summed E-state index contributed by atoms with van der Waals surface area (Å²) in [5.41, 5.74) is 3.64. The molecule has 4 heteroatoms. The van der Waals surface area contributed by atoms with E-state index in [9.17, 15) is 4.39 Å². The number of benzene rings is 1. The van der Waals surface area contributed by atoms with Gasteiger partial charge in [0, 0.05) is 16.2 Å². The monoisotopic (exact) mass is 264 g/mol. The minimum atomic E-state index is -0.229. The van der Waals surface area contributed by atoms with Crippen LogP contribution in [-0.4, -0.2) is 0 Å². The number of aryl methyl sites for hydroxylation is 1. The van der Waals surface area contributed by atoms with Crippen molar-refractivity contribution in [3.05, 3.63) is 57.5 Å². The Hall–Kier alpha value is -1.23. The lowest BCUT2D eigenvalue weighted by Crippen LogP contribution is -2.29. The molecule has 0 saturated carbocycles. The van der Waals surface area contributed by atoms with Crippen LogP contribution in [0.4, 0.5) is 4.39 Å². The fraction of sp³-hybridized carbons (Fsp3) is 0.286. The van der Waals surface area contributed by atoms with E-state index in [1.165, 1.54) is 21.9 Å². The van der Waals surface area contributed by atoms with Gasteiger partial charge in [0.2, 0.25) is 0 Å². The highest BCUT2D eigenvalue weighted by Crippen LogP contribution is 2.24. The summed E-state index contributed by atoms with van der Waals surface area (Å²) in [5, 5.41) is 0. The van der Waals surface area contributed by atoms with Crippen LogP contribution in [0.2, 0.25) is 0 Å². The number of hydrogen-bond donors (Lipinski definition) is 2. The molecule has 1 aromatic carbocycles. The molecule has 1 unspecified atom stereocenters. The zero-order chi connectivity index (χ0) is 13.0. The summed E-state index contributed by atoms with van der Waals surface area (Å²) in [4.78, 5) is 2.62. The Bertz CT molecular complexity index is 510. The van der Waals surface area contributed by atoms with Gasteiger partial charge in [-0.25, -0.2) is 4.39 Å². The molecule has 0 amide bonds. The highest BCUT2D eigenvalue weighted by molar-refractivity contribution is 7.11. The molecule has 0 radical (unpaired) electrons. The molecule has 0 bridgehead atoms. The molecule has 0 aliphatic rings. The first-order valence-electron chi connectivity index (χ1n) is 6.02. The number of halogens is 1. The summed E-state index contributed by atoms with van der Waals surface area (Å²) >= 11 is 1.79. The minimum absolute atomic E-state index is 0.0518. The van der Waals surface area contributed by atoms with Crippen molar-refractivity contribution >= 4 is 11.3 Å². The number of hydrazine groups is 1. The van der Waals surface area contributed by atoms with Gasteiger partial charge in [-0.05, 0) is 36.2 Å². The largest absolute Gasteiger partial charge is 0.271 e. The smallest absolute Gasteiger partial charge is 0.123 e. The van der Waals surface area contributed by atoms with Crippen LogP contribution < -0.4 is 11.3 Å². The van der Waals surface area contributed by atoms with E-state index in [1.54, 1.807) is 17.4 Å². The van der Waals surface area contributed by atoms with Crippen LogP contribution in [0.5, 0.6) is 0 Å². The number of thiophene rings is 1. The van der Waals surface area contributed by atoms with E-state index in [4.69, 9.17) is 5.84 Å². The van der Waals surface area contributed by atoms with Gasteiger partial charge >= 0.3 is 0 Å². The second-order valence-corrected chi connectivity index (χ2v) is 5.45. The maximum Gasteiger partial charge on any atom is 0.123 e. The summed E-state index contributed by atoms with van der Waals surface area (Å²) in [7, 11) is 0. The van der Waals surface area contributed by atoms with Crippen LogP contribution in [-0.2, 0) is 12.8 Å². The summed E-state index contributed by atoms with van der Waals surface area (Å²) in [5.74, 6) is 5.35. The molecule has 2 rings (SSSR count). The Morgan fingerprint density at radius 3 is 2.67 bits per heavy atom. The van der Waals surface area contributed by atoms with Gasteiger partial charge in [-0.1, -0.05) is 19.1 Å². The van der Waals surface area contributed by atoms with E-state index in [0.717, 1.165) is 18.4 Å². The van der Waals surface area contributed by atoms with Gasteiger partial charge in [-0.2, -0.15) is 0 Å². The lowest BCUT2D eigenvalue weighted by molar-refractivity contribution is 0.548. The van der Waals surface area contributed by atoms with Crippen molar-refractivity contribution in [1.82, 2.24) is 5.43 Å². The number of hydrogen-bond acceptors (Lipinski definition) is 3. The van der Waals surface area contributed by atoms with Crippen molar-refractivity contribution in [2.45, 2.75) is 25.8 Å². The highest BCUT2D eigenvalue weighted by atomic mass is 32.1. The molecule has 3 N–H and O–H groups in total. The van der Waals surface area contributed by atoms with Crippen molar-refractivity contribution in [3.63, 3.8) is 0 Å². The third-order valence-corrected chi connectivity index (χ3v) is 4.18. The molecule has 1 atom stereocenters. The van der Waals surface area contributed by atoms with Gasteiger partial charge in [0.05, 0.1) is 6.04 Å². The third kappa shape index (κ3) is 3.16. The number of nitrogens with two attached hydrogens (primary N) is 1. The molecule has 2 nitrogen and oxygen atoms in total. The first-order chi connectivity index (χ1) is 8.72. The molecule has 0 saturated heterocycles. The minimum Gasteiger partial charge on any atom is -0.271 e. The Morgan fingerprint density at radius 1 is 1.28 bits per heavy atom. The predicted octanol–water partition coefficient (Wildman–Crippen LogP) is 3.20. The van der Waals surface area contributed by atoms with Crippen LogP contribution in [0.25, 0.3) is 0 Å². The number of nitrogens with one attached hydrogen (secondary N) is 1. The Labute approximate surface area is 111 Å². The molecular weight excluding hydrogens is 247 g/mol. The molecule has 1 heterocycles. The van der Waals surface area contributed by atoms with Gasteiger partial charge in [-0.15, -0.1) is 11.3 Å². The summed E-state index contributed by atoms with van der Waals surface area (Å²) in [6.45, 7) is 2.14. The molecule has 96 valence electrons. The van der Waals surface area contributed by atoms with E-state index in [-0.39, 0.29) is 11.9 Å². The second kappa shape index (κ2) is 6.09. The van der Waals surface area contributed by atoms with E-state index in [1.807, 2.05) is 6.07 Å². The first kappa shape index (κ1) is 13.2. The van der Waals surface area contributed by atoms with Crippen LogP contribution >= 0.6 is 11.3 Å². The molecule has 1 aromatic heterocycles. The second-order valence-electron chi connectivity index (χ2n) is 4.20. The van der Waals surface area contributed by atoms with Gasteiger partial charge in [-0.3, -0.25) is 11.3 Å². The fourth-order valence-electron chi connectivity index (χ4n) is 1.92. The summed E-state index contributed by atoms with van der Waals surface area (Å²) in [6, 6.07) is 10.8. The van der Waals surface area contributed by atoms with E-state index in [0.29, 0.717) is 0 Å². The van der Waals surface area contributed by atoms with Crippen LogP contribution in [0.3, 0.4) is 0 Å². The fourth-order valence-corrected chi connectivity index (χ4v) is 2.92. The molecule has 0 aliphatic heterocycles. The lowest BCUT2D eigenvalue weighted by atomic mass is 10.0. The van der Waals surface area contributed by atoms with Crippen molar-refractivity contribution in [3.8, 4) is 0 Å². The molecule has 18 heavy (non-hydrogen) atoms. The zero-order valence-electron chi connectivity index (χ0n) is 10.3. The molecule has 2 aromatic rings. The van der Waals surface area contributed by atoms with Crippen molar-refractivity contribution in [1.29, 1.82) is 0 Å². The van der Waals surface area contributed by atoms with Crippen LogP contribution in [0.1, 0.15) is 28.3 Å². The Kier molecular flexibility index (Phi) is 4.47. The van der Waals surface area contributed by atoms with Gasteiger partial charge in [0.1, 0.15) is 5.82 Å². The van der Waals surface area contributed by atoms with Crippen molar-refractivity contribution in [2.75, 3.05) is 0 Å². The standard InChI is InChI=1S/C14H17FN2S/c1-2-12-6-7-13(18-12)9-14(17-16)10-4-3-5-11(15)8-10/h3-8,14,17H,2,9,16H2,1H3. The first-order valence-corrected chi connectivity index (χ1v) is 6.83. The van der Waals surface area contributed by atoms with E-state index in [2.05, 4.69) is 24.5 Å². The van der Waals surface area contributed by atoms with Gasteiger partial charge < -0.3 is 0 Å². The maximum atomic E-state index is 13.2. The average Bonchev–Trinajstić information content (AvgIpc) is 2.83. The third-order valence-electron chi connectivity index (χ3n) is 2.92. The molecule has 0 spiro atoms. The van der Waals surface area contributed by atoms with E-state index >= 15 is 0 Å². The molecular formula is C14H17FN2S. The normalized spacial score (nSPS) is 12.6. The van der Waals surface area contributed by atoms with E-state index < -0.39 is 0 Å². The SMILES string of the molecule is CCc1ccc(CC(NN)c2cccc(F)c2)s1. The maximum absolute atomic E-state index is 13.2. The summed E-state index contributed by atoms with van der Waals surface area (Å²) < 4.78 is 13.2. The van der Waals surface area contributed by atoms with Gasteiger partial charge in [0.15, 0.2) is 0 Å². The van der Waals surface area contributed by atoms with Crippen LogP contribution in [0, 0.1) is 5.82 Å². The lowest BCUT2D eigenvalue weighted by Gasteiger charge is -2.15. The zero-order valence-corrected chi connectivity index (χ0v) is 11.1. The quantitative estimate of drug-likeness (QED) is 0.643. The Balaban J connectivity index is 2.14. The van der Waals surface area contributed by atoms with Crippen molar-refractivity contribution in [2.24, 2.45) is 5.84 Å². The molecule has 0 aliphatic carbocycles. The topological polar surface area (TPSA) is 38.0 Å². The number of rotatable bonds is 5. The van der Waals surface area contributed by atoms with Crippen molar-refractivity contribution < 1.29 is 4.39 Å². The molecule has 0 fully saturated rings. The van der Waals surface area contributed by atoms with Gasteiger partial charge in [0.25, 0.3) is 0 Å².